The molecule has 1 aliphatic rings. The maximum Gasteiger partial charge on any atom is 0.328 e. The van der Waals surface area contributed by atoms with Gasteiger partial charge in [0, 0.05) is 18.2 Å². The van der Waals surface area contributed by atoms with Gasteiger partial charge in [-0.1, -0.05) is 12.5 Å². The summed E-state index contributed by atoms with van der Waals surface area (Å²) in [6.45, 7) is 1.89. The van der Waals surface area contributed by atoms with Crippen LogP contribution in [0, 0.1) is 12.8 Å². The van der Waals surface area contributed by atoms with Crippen molar-refractivity contribution in [3.05, 3.63) is 35.4 Å². The van der Waals surface area contributed by atoms with E-state index in [1.165, 1.54) is 6.42 Å². The van der Waals surface area contributed by atoms with Gasteiger partial charge in [0.1, 0.15) is 0 Å². The summed E-state index contributed by atoms with van der Waals surface area (Å²) >= 11 is 0. The molecule has 1 saturated carbocycles. The Morgan fingerprint density at radius 3 is 2.70 bits per heavy atom. The van der Waals surface area contributed by atoms with Gasteiger partial charge in [-0.05, 0) is 55.0 Å². The number of benzene rings is 1. The van der Waals surface area contributed by atoms with E-state index in [1.54, 1.807) is 12.1 Å². The molecule has 0 unspecified atom stereocenters. The van der Waals surface area contributed by atoms with E-state index in [0.29, 0.717) is 12.3 Å². The van der Waals surface area contributed by atoms with Crippen molar-refractivity contribution in [1.29, 1.82) is 0 Å². The molecule has 0 saturated heterocycles. The second-order valence-corrected chi connectivity index (χ2v) is 5.29. The van der Waals surface area contributed by atoms with E-state index >= 15 is 0 Å². The molecule has 1 aromatic carbocycles. The van der Waals surface area contributed by atoms with Gasteiger partial charge in [0.2, 0.25) is 5.91 Å². The molecule has 2 rings (SSSR count). The van der Waals surface area contributed by atoms with Crippen LogP contribution in [0.1, 0.15) is 36.8 Å². The third-order valence-electron chi connectivity index (χ3n) is 3.66. The summed E-state index contributed by atoms with van der Waals surface area (Å²) in [7, 11) is 0. The third-order valence-corrected chi connectivity index (χ3v) is 3.66. The number of carboxylic acids is 1. The Kier molecular flexibility index (Phi) is 4.56. The lowest BCUT2D eigenvalue weighted by molar-refractivity contribution is -0.131. The summed E-state index contributed by atoms with van der Waals surface area (Å²) in [5.41, 5.74) is 2.53. The first-order valence-corrected chi connectivity index (χ1v) is 6.86. The van der Waals surface area contributed by atoms with Crippen LogP contribution in [0.25, 0.3) is 6.08 Å². The minimum Gasteiger partial charge on any atom is -0.478 e. The van der Waals surface area contributed by atoms with Gasteiger partial charge in [0.05, 0.1) is 0 Å². The van der Waals surface area contributed by atoms with Crippen LogP contribution in [-0.2, 0) is 9.59 Å². The van der Waals surface area contributed by atoms with E-state index in [0.717, 1.165) is 35.7 Å². The molecule has 0 heterocycles. The van der Waals surface area contributed by atoms with Gasteiger partial charge in [0.15, 0.2) is 0 Å². The minimum atomic E-state index is -0.970. The largest absolute Gasteiger partial charge is 0.478 e. The zero-order chi connectivity index (χ0) is 14.5. The van der Waals surface area contributed by atoms with Crippen LogP contribution in [0.4, 0.5) is 5.69 Å². The molecule has 0 radical (unpaired) electrons. The molecular formula is C16H19NO3. The fraction of sp³-hybridized carbons (Fsp3) is 0.375. The number of aryl methyl sites for hydroxylation is 1. The van der Waals surface area contributed by atoms with E-state index in [2.05, 4.69) is 5.32 Å². The average Bonchev–Trinajstić information content (AvgIpc) is 2.33. The van der Waals surface area contributed by atoms with Crippen molar-refractivity contribution >= 4 is 23.6 Å². The average molecular weight is 273 g/mol. The monoisotopic (exact) mass is 273 g/mol. The molecule has 0 spiro atoms. The highest BCUT2D eigenvalue weighted by molar-refractivity contribution is 5.91. The quantitative estimate of drug-likeness (QED) is 0.809. The number of carboxylic acid groups (broad SMARTS) is 1. The second-order valence-electron chi connectivity index (χ2n) is 5.29. The SMILES string of the molecule is Cc1cc(NC(=O)CC2CCC2)ccc1/C=C/C(=O)O. The van der Waals surface area contributed by atoms with Crippen LogP contribution in [0.3, 0.4) is 0 Å². The summed E-state index contributed by atoms with van der Waals surface area (Å²) in [6, 6.07) is 5.47. The summed E-state index contributed by atoms with van der Waals surface area (Å²) in [5, 5.41) is 11.5. The van der Waals surface area contributed by atoms with Gasteiger partial charge in [-0.15, -0.1) is 0 Å². The Morgan fingerprint density at radius 1 is 1.40 bits per heavy atom. The van der Waals surface area contributed by atoms with Crippen LogP contribution in [-0.4, -0.2) is 17.0 Å². The Morgan fingerprint density at radius 2 is 2.15 bits per heavy atom. The first-order valence-electron chi connectivity index (χ1n) is 6.86. The van der Waals surface area contributed by atoms with Gasteiger partial charge in [0.25, 0.3) is 0 Å². The molecule has 0 aliphatic heterocycles. The molecule has 1 amide bonds. The van der Waals surface area contributed by atoms with E-state index in [-0.39, 0.29) is 5.91 Å². The molecule has 0 aromatic heterocycles. The first-order chi connectivity index (χ1) is 9.54. The number of carbonyl (C=O) groups is 2. The van der Waals surface area contributed by atoms with Gasteiger partial charge in [-0.2, -0.15) is 0 Å². The van der Waals surface area contributed by atoms with Crippen molar-refractivity contribution in [3.8, 4) is 0 Å². The first kappa shape index (κ1) is 14.3. The highest BCUT2D eigenvalue weighted by Gasteiger charge is 2.20. The molecule has 0 atom stereocenters. The summed E-state index contributed by atoms with van der Waals surface area (Å²) in [4.78, 5) is 22.3. The van der Waals surface area contributed by atoms with E-state index in [1.807, 2.05) is 19.1 Å². The van der Waals surface area contributed by atoms with Gasteiger partial charge in [-0.3, -0.25) is 4.79 Å². The molecule has 1 aliphatic carbocycles. The highest BCUT2D eigenvalue weighted by Crippen LogP contribution is 2.29. The predicted octanol–water partition coefficient (Wildman–Crippen LogP) is 3.22. The molecule has 2 N–H and O–H groups in total. The molecule has 0 bridgehead atoms. The number of nitrogens with one attached hydrogen (secondary N) is 1. The van der Waals surface area contributed by atoms with Gasteiger partial charge in [-0.25, -0.2) is 4.79 Å². The Labute approximate surface area is 118 Å². The van der Waals surface area contributed by atoms with Gasteiger partial charge < -0.3 is 10.4 Å². The maximum atomic E-state index is 11.8. The fourth-order valence-electron chi connectivity index (χ4n) is 2.27. The molecule has 4 nitrogen and oxygen atoms in total. The van der Waals surface area contributed by atoms with Crippen molar-refractivity contribution < 1.29 is 14.7 Å². The summed E-state index contributed by atoms with van der Waals surface area (Å²) in [6.07, 6.45) is 6.81. The zero-order valence-corrected chi connectivity index (χ0v) is 11.6. The lowest BCUT2D eigenvalue weighted by Crippen LogP contribution is -2.20. The zero-order valence-electron chi connectivity index (χ0n) is 11.6. The van der Waals surface area contributed by atoms with Crippen molar-refractivity contribution in [2.24, 2.45) is 5.92 Å². The van der Waals surface area contributed by atoms with E-state index in [9.17, 15) is 9.59 Å². The van der Waals surface area contributed by atoms with Crippen LogP contribution in [0.5, 0.6) is 0 Å². The van der Waals surface area contributed by atoms with Crippen LogP contribution < -0.4 is 5.32 Å². The van der Waals surface area contributed by atoms with E-state index < -0.39 is 5.97 Å². The molecule has 4 heteroatoms. The van der Waals surface area contributed by atoms with Gasteiger partial charge >= 0.3 is 5.97 Å². The number of hydrogen-bond acceptors (Lipinski definition) is 2. The number of rotatable bonds is 5. The third kappa shape index (κ3) is 3.95. The Balaban J connectivity index is 1.97. The molecule has 20 heavy (non-hydrogen) atoms. The molecule has 1 fully saturated rings. The molecular weight excluding hydrogens is 254 g/mol. The summed E-state index contributed by atoms with van der Waals surface area (Å²) < 4.78 is 0. The maximum absolute atomic E-state index is 11.8. The van der Waals surface area contributed by atoms with Crippen LogP contribution in [0.15, 0.2) is 24.3 Å². The van der Waals surface area contributed by atoms with Crippen molar-refractivity contribution in [2.45, 2.75) is 32.6 Å². The number of anilines is 1. The topological polar surface area (TPSA) is 66.4 Å². The van der Waals surface area contributed by atoms with Crippen LogP contribution >= 0.6 is 0 Å². The Bertz CT molecular complexity index is 545. The van der Waals surface area contributed by atoms with Crippen LogP contribution in [0.2, 0.25) is 0 Å². The highest BCUT2D eigenvalue weighted by atomic mass is 16.4. The van der Waals surface area contributed by atoms with E-state index in [4.69, 9.17) is 5.11 Å². The fourth-order valence-corrected chi connectivity index (χ4v) is 2.27. The normalized spacial score (nSPS) is 15.1. The molecule has 106 valence electrons. The minimum absolute atomic E-state index is 0.0583. The number of hydrogen-bond donors (Lipinski definition) is 2. The smallest absolute Gasteiger partial charge is 0.328 e. The van der Waals surface area contributed by atoms with Crippen molar-refractivity contribution in [2.75, 3.05) is 5.32 Å². The number of carbonyl (C=O) groups excluding carboxylic acids is 1. The predicted molar refractivity (Wildman–Crippen MR) is 78.4 cm³/mol. The molecule has 1 aromatic rings. The number of amides is 1. The van der Waals surface area contributed by atoms with Crippen molar-refractivity contribution in [3.63, 3.8) is 0 Å². The Hall–Kier alpha value is -2.10. The lowest BCUT2D eigenvalue weighted by atomic mass is 9.83. The van der Waals surface area contributed by atoms with Crippen molar-refractivity contribution in [1.82, 2.24) is 0 Å². The lowest BCUT2D eigenvalue weighted by Gasteiger charge is -2.24. The second kappa shape index (κ2) is 6.37. The number of aliphatic carboxylic acids is 1. The summed E-state index contributed by atoms with van der Waals surface area (Å²) in [5.74, 6) is -0.362. The standard InChI is InChI=1S/C16H19NO3/c1-11-9-14(7-5-13(11)6-8-16(19)20)17-15(18)10-12-3-2-4-12/h5-9,12H,2-4,10H2,1H3,(H,17,18)(H,19,20)/b8-6+.